The molecular formula is C10H18N6O. The molecule has 0 aliphatic carbocycles. The fraction of sp³-hybridized carbons (Fsp3) is 0.700. The molecule has 1 aromatic rings. The molecule has 1 amide bonds. The van der Waals surface area contributed by atoms with Crippen LogP contribution in [0.2, 0.25) is 0 Å². The number of hydrogen-bond donors (Lipinski definition) is 3. The molecule has 0 saturated carbocycles. The number of nitrogens with zero attached hydrogens (tertiary/aromatic N) is 3. The van der Waals surface area contributed by atoms with E-state index in [1.807, 2.05) is 0 Å². The van der Waals surface area contributed by atoms with Gasteiger partial charge in [0.15, 0.2) is 0 Å². The summed E-state index contributed by atoms with van der Waals surface area (Å²) in [4.78, 5) is 17.9. The summed E-state index contributed by atoms with van der Waals surface area (Å²) in [6.07, 6.45) is 2.11. The van der Waals surface area contributed by atoms with Crippen molar-refractivity contribution in [1.82, 2.24) is 25.4 Å². The summed E-state index contributed by atoms with van der Waals surface area (Å²) in [6, 6.07) is 0.183. The van der Waals surface area contributed by atoms with Crippen molar-refractivity contribution >= 4 is 11.9 Å². The highest BCUT2D eigenvalue weighted by atomic mass is 16.2. The second-order valence-corrected chi connectivity index (χ2v) is 4.25. The van der Waals surface area contributed by atoms with E-state index in [9.17, 15) is 4.79 Å². The van der Waals surface area contributed by atoms with E-state index in [-0.39, 0.29) is 23.7 Å². The Bertz CT molecular complexity index is 390. The number of hydrogen-bond acceptors (Lipinski definition) is 5. The summed E-state index contributed by atoms with van der Waals surface area (Å²) in [5.41, 5.74) is 5.35. The van der Waals surface area contributed by atoms with Crippen LogP contribution < -0.4 is 11.1 Å². The van der Waals surface area contributed by atoms with Crippen molar-refractivity contribution in [2.45, 2.75) is 25.8 Å². The molecule has 2 rings (SSSR count). The third-order valence-corrected chi connectivity index (χ3v) is 3.01. The van der Waals surface area contributed by atoms with Gasteiger partial charge in [-0.25, -0.2) is 0 Å². The molecule has 1 saturated heterocycles. The maximum Gasteiger partial charge on any atom is 0.288 e. The normalized spacial score (nSPS) is 21.4. The number of H-pyrrole nitrogens is 1. The Kier molecular flexibility index (Phi) is 3.58. The zero-order valence-corrected chi connectivity index (χ0v) is 9.94. The van der Waals surface area contributed by atoms with Crippen molar-refractivity contribution in [2.24, 2.45) is 0 Å². The van der Waals surface area contributed by atoms with Gasteiger partial charge in [0.2, 0.25) is 11.8 Å². The highest BCUT2D eigenvalue weighted by Gasteiger charge is 2.21. The average Bonchev–Trinajstić information content (AvgIpc) is 2.76. The fourth-order valence-electron chi connectivity index (χ4n) is 2.09. The lowest BCUT2D eigenvalue weighted by molar-refractivity contribution is 0.0896. The van der Waals surface area contributed by atoms with E-state index in [0.29, 0.717) is 0 Å². The molecule has 0 spiro atoms. The molecule has 1 aliphatic rings. The van der Waals surface area contributed by atoms with Crippen LogP contribution in [0.5, 0.6) is 0 Å². The van der Waals surface area contributed by atoms with Crippen LogP contribution in [0.1, 0.15) is 30.4 Å². The molecule has 7 nitrogen and oxygen atoms in total. The molecule has 17 heavy (non-hydrogen) atoms. The van der Waals surface area contributed by atoms with Gasteiger partial charge in [0, 0.05) is 12.6 Å². The Morgan fingerprint density at radius 3 is 3.18 bits per heavy atom. The number of nitrogens with one attached hydrogen (secondary N) is 2. The molecule has 7 heteroatoms. The van der Waals surface area contributed by atoms with Crippen LogP contribution in [-0.2, 0) is 0 Å². The Morgan fingerprint density at radius 2 is 2.53 bits per heavy atom. The smallest absolute Gasteiger partial charge is 0.288 e. The summed E-state index contributed by atoms with van der Waals surface area (Å²) in [5.74, 6) is 0.0299. The molecular weight excluding hydrogens is 220 g/mol. The first-order chi connectivity index (χ1) is 8.19. The van der Waals surface area contributed by atoms with Gasteiger partial charge in [0.25, 0.3) is 5.91 Å². The number of amides is 1. The number of aromatic nitrogens is 3. The number of anilines is 1. The molecule has 0 aromatic carbocycles. The lowest BCUT2D eigenvalue weighted by Gasteiger charge is -2.31. The third kappa shape index (κ3) is 2.94. The van der Waals surface area contributed by atoms with Crippen LogP contribution in [0, 0.1) is 0 Å². The summed E-state index contributed by atoms with van der Waals surface area (Å²) in [7, 11) is 0. The Labute approximate surface area is 99.8 Å². The van der Waals surface area contributed by atoms with Crippen molar-refractivity contribution < 1.29 is 4.79 Å². The minimum atomic E-state index is -0.239. The standard InChI is InChI=1S/C10H18N6O/c1-2-16-5-3-4-7(6-16)12-9(17)8-13-10(11)15-14-8/h7H,2-6H2,1H3,(H,12,17)(H3,11,13,14,15). The number of rotatable bonds is 3. The molecule has 2 heterocycles. The lowest BCUT2D eigenvalue weighted by atomic mass is 10.1. The van der Waals surface area contributed by atoms with Gasteiger partial charge in [-0.15, -0.1) is 5.10 Å². The highest BCUT2D eigenvalue weighted by molar-refractivity contribution is 5.90. The first-order valence-electron chi connectivity index (χ1n) is 5.90. The maximum absolute atomic E-state index is 11.8. The van der Waals surface area contributed by atoms with Crippen LogP contribution in [0.25, 0.3) is 0 Å². The van der Waals surface area contributed by atoms with Crippen molar-refractivity contribution in [3.63, 3.8) is 0 Å². The minimum absolute atomic E-state index is 0.0916. The van der Waals surface area contributed by atoms with Crippen molar-refractivity contribution in [3.8, 4) is 0 Å². The van der Waals surface area contributed by atoms with Crippen molar-refractivity contribution in [3.05, 3.63) is 5.82 Å². The summed E-state index contributed by atoms with van der Waals surface area (Å²) < 4.78 is 0. The van der Waals surface area contributed by atoms with Gasteiger partial charge in [-0.05, 0) is 25.9 Å². The molecule has 4 N–H and O–H groups in total. The van der Waals surface area contributed by atoms with Crippen LogP contribution >= 0.6 is 0 Å². The Hall–Kier alpha value is -1.63. The van der Waals surface area contributed by atoms with Crippen molar-refractivity contribution in [2.75, 3.05) is 25.4 Å². The summed E-state index contributed by atoms with van der Waals surface area (Å²) in [5, 5.41) is 9.08. The quantitative estimate of drug-likeness (QED) is 0.665. The fourth-order valence-corrected chi connectivity index (χ4v) is 2.09. The van der Waals surface area contributed by atoms with Gasteiger partial charge in [0.05, 0.1) is 0 Å². The van der Waals surface area contributed by atoms with Crippen LogP contribution in [0.4, 0.5) is 5.95 Å². The number of likely N-dealkylation sites (tertiary alicyclic amines) is 1. The first-order valence-corrected chi connectivity index (χ1v) is 5.90. The van der Waals surface area contributed by atoms with Gasteiger partial charge in [-0.1, -0.05) is 6.92 Å². The number of aromatic amines is 1. The molecule has 0 radical (unpaired) electrons. The SMILES string of the molecule is CCN1CCCC(NC(=O)c2nc(N)n[nH]2)C1. The van der Waals surface area contributed by atoms with Gasteiger partial charge in [-0.2, -0.15) is 4.98 Å². The number of piperidine rings is 1. The average molecular weight is 238 g/mol. The molecule has 1 fully saturated rings. The lowest BCUT2D eigenvalue weighted by Crippen LogP contribution is -2.47. The van der Waals surface area contributed by atoms with E-state index >= 15 is 0 Å². The predicted molar refractivity (Wildman–Crippen MR) is 63.4 cm³/mol. The number of carbonyl (C=O) groups excluding carboxylic acids is 1. The second kappa shape index (κ2) is 5.13. The number of nitrogen functional groups attached to an aromatic ring is 1. The minimum Gasteiger partial charge on any atom is -0.366 e. The summed E-state index contributed by atoms with van der Waals surface area (Å²) >= 11 is 0. The van der Waals surface area contributed by atoms with E-state index in [0.717, 1.165) is 32.5 Å². The van der Waals surface area contributed by atoms with Crippen LogP contribution in [-0.4, -0.2) is 51.7 Å². The molecule has 1 atom stereocenters. The van der Waals surface area contributed by atoms with E-state index < -0.39 is 0 Å². The third-order valence-electron chi connectivity index (χ3n) is 3.01. The van der Waals surface area contributed by atoms with Gasteiger partial charge in [0.1, 0.15) is 0 Å². The number of nitrogens with two attached hydrogens (primary N) is 1. The van der Waals surface area contributed by atoms with E-state index in [1.54, 1.807) is 0 Å². The van der Waals surface area contributed by atoms with E-state index in [2.05, 4.69) is 32.3 Å². The van der Waals surface area contributed by atoms with E-state index in [1.165, 1.54) is 0 Å². The Balaban J connectivity index is 1.90. The number of carbonyl (C=O) groups is 1. The molecule has 1 aromatic heterocycles. The molecule has 1 unspecified atom stereocenters. The van der Waals surface area contributed by atoms with Gasteiger partial charge in [-0.3, -0.25) is 9.89 Å². The van der Waals surface area contributed by atoms with Crippen LogP contribution in [0.3, 0.4) is 0 Å². The van der Waals surface area contributed by atoms with Gasteiger partial charge < -0.3 is 16.0 Å². The predicted octanol–water partition coefficient (Wildman–Crippen LogP) is -0.399. The van der Waals surface area contributed by atoms with Crippen molar-refractivity contribution in [1.29, 1.82) is 0 Å². The molecule has 94 valence electrons. The zero-order valence-electron chi connectivity index (χ0n) is 9.94. The van der Waals surface area contributed by atoms with Crippen LogP contribution in [0.15, 0.2) is 0 Å². The largest absolute Gasteiger partial charge is 0.366 e. The monoisotopic (exact) mass is 238 g/mol. The molecule has 0 bridgehead atoms. The number of likely N-dealkylation sites (N-methyl/N-ethyl adjacent to an activating group) is 1. The highest BCUT2D eigenvalue weighted by Crippen LogP contribution is 2.09. The van der Waals surface area contributed by atoms with Gasteiger partial charge >= 0.3 is 0 Å². The Morgan fingerprint density at radius 1 is 1.71 bits per heavy atom. The maximum atomic E-state index is 11.8. The molecule has 1 aliphatic heterocycles. The topological polar surface area (TPSA) is 99.9 Å². The first kappa shape index (κ1) is 11.8. The zero-order chi connectivity index (χ0) is 12.3. The summed E-state index contributed by atoms with van der Waals surface area (Å²) in [6.45, 7) is 5.15. The second-order valence-electron chi connectivity index (χ2n) is 4.25. The van der Waals surface area contributed by atoms with E-state index in [4.69, 9.17) is 5.73 Å².